The van der Waals surface area contributed by atoms with Gasteiger partial charge in [0, 0.05) is 37.4 Å². The van der Waals surface area contributed by atoms with Crippen molar-refractivity contribution in [2.45, 2.75) is 57.0 Å². The quantitative estimate of drug-likeness (QED) is 0.678. The molecule has 0 unspecified atom stereocenters. The summed E-state index contributed by atoms with van der Waals surface area (Å²) in [4.78, 5) is 6.87. The van der Waals surface area contributed by atoms with Crippen molar-refractivity contribution in [2.75, 3.05) is 38.2 Å². The lowest BCUT2D eigenvalue weighted by Crippen LogP contribution is -2.53. The Morgan fingerprint density at radius 1 is 1.23 bits per heavy atom. The molecule has 148 valence electrons. The first-order chi connectivity index (χ1) is 12.3. The molecule has 0 spiro atoms. The van der Waals surface area contributed by atoms with Crippen LogP contribution in [0, 0.1) is 0 Å². The maximum Gasteiger partial charge on any atom is 0.242 e. The second-order valence-corrected chi connectivity index (χ2v) is 8.99. The maximum absolute atomic E-state index is 12.4. The lowest BCUT2D eigenvalue weighted by Gasteiger charge is -2.41. The Kier molecular flexibility index (Phi) is 7.40. The van der Waals surface area contributed by atoms with Crippen molar-refractivity contribution < 1.29 is 13.2 Å². The second kappa shape index (κ2) is 9.12. The van der Waals surface area contributed by atoms with Crippen LogP contribution in [0.1, 0.15) is 40.5 Å². The predicted octanol–water partition coefficient (Wildman–Crippen LogP) is 2.07. The molecular formula is C18H32N4O3S. The van der Waals surface area contributed by atoms with Crippen LogP contribution >= 0.6 is 0 Å². The summed E-state index contributed by atoms with van der Waals surface area (Å²) >= 11 is 0. The van der Waals surface area contributed by atoms with E-state index in [1.54, 1.807) is 12.1 Å². The van der Waals surface area contributed by atoms with Gasteiger partial charge in [-0.1, -0.05) is 13.8 Å². The Balaban J connectivity index is 1.96. The third-order valence-corrected chi connectivity index (χ3v) is 6.43. The van der Waals surface area contributed by atoms with Crippen molar-refractivity contribution in [2.24, 2.45) is 0 Å². The van der Waals surface area contributed by atoms with E-state index in [0.29, 0.717) is 5.82 Å². The number of nitrogens with zero attached hydrogens (tertiary/aromatic N) is 2. The van der Waals surface area contributed by atoms with Gasteiger partial charge in [-0.15, -0.1) is 0 Å². The number of pyridine rings is 1. The molecule has 7 nitrogen and oxygen atoms in total. The van der Waals surface area contributed by atoms with Crippen LogP contribution in [0.15, 0.2) is 23.2 Å². The molecule has 0 aliphatic carbocycles. The minimum atomic E-state index is -3.52. The third kappa shape index (κ3) is 5.64. The monoisotopic (exact) mass is 384 g/mol. The number of sulfonamides is 1. The van der Waals surface area contributed by atoms with Gasteiger partial charge in [0.15, 0.2) is 0 Å². The van der Waals surface area contributed by atoms with E-state index >= 15 is 0 Å². The van der Waals surface area contributed by atoms with E-state index in [4.69, 9.17) is 4.74 Å². The molecule has 1 aliphatic heterocycles. The van der Waals surface area contributed by atoms with Gasteiger partial charge in [0.05, 0.1) is 13.2 Å². The summed E-state index contributed by atoms with van der Waals surface area (Å²) in [6, 6.07) is 3.27. The van der Waals surface area contributed by atoms with Crippen molar-refractivity contribution in [3.8, 4) is 0 Å². The van der Waals surface area contributed by atoms with Crippen molar-refractivity contribution in [1.82, 2.24) is 14.6 Å². The zero-order valence-electron chi connectivity index (χ0n) is 16.3. The van der Waals surface area contributed by atoms with Gasteiger partial charge in [0.2, 0.25) is 10.0 Å². The molecule has 1 saturated heterocycles. The summed E-state index contributed by atoms with van der Waals surface area (Å²) in [6.45, 7) is 12.4. The van der Waals surface area contributed by atoms with Crippen LogP contribution in [0.3, 0.4) is 0 Å². The fourth-order valence-electron chi connectivity index (χ4n) is 2.97. The van der Waals surface area contributed by atoms with Crippen LogP contribution in [-0.4, -0.2) is 62.7 Å². The molecule has 1 aliphatic rings. The van der Waals surface area contributed by atoms with E-state index in [1.165, 1.54) is 6.20 Å². The lowest BCUT2D eigenvalue weighted by atomic mass is 10.0. The van der Waals surface area contributed by atoms with Crippen LogP contribution in [0.25, 0.3) is 0 Å². The highest BCUT2D eigenvalue weighted by atomic mass is 32.2. The predicted molar refractivity (Wildman–Crippen MR) is 104 cm³/mol. The van der Waals surface area contributed by atoms with Gasteiger partial charge in [0.25, 0.3) is 0 Å². The SMILES string of the molecule is CCC(CC)NS(=O)(=O)c1ccc(NCC(C)(C)N2CCOCC2)nc1. The van der Waals surface area contributed by atoms with Crippen molar-refractivity contribution >= 4 is 15.8 Å². The summed E-state index contributed by atoms with van der Waals surface area (Å²) in [7, 11) is -3.52. The van der Waals surface area contributed by atoms with Crippen molar-refractivity contribution in [1.29, 1.82) is 0 Å². The lowest BCUT2D eigenvalue weighted by molar-refractivity contribution is -0.00570. The van der Waals surface area contributed by atoms with Gasteiger partial charge in [-0.2, -0.15) is 0 Å². The molecule has 0 bridgehead atoms. The fraction of sp³-hybridized carbons (Fsp3) is 0.722. The van der Waals surface area contributed by atoms with Crippen LogP contribution in [0.2, 0.25) is 0 Å². The van der Waals surface area contributed by atoms with Crippen LogP contribution in [-0.2, 0) is 14.8 Å². The summed E-state index contributed by atoms with van der Waals surface area (Å²) < 4.78 is 32.9. The van der Waals surface area contributed by atoms with Gasteiger partial charge in [-0.05, 0) is 38.8 Å². The van der Waals surface area contributed by atoms with Crippen molar-refractivity contribution in [3.05, 3.63) is 18.3 Å². The molecule has 1 aromatic rings. The molecule has 8 heteroatoms. The minimum Gasteiger partial charge on any atom is -0.379 e. The van der Waals surface area contributed by atoms with Gasteiger partial charge in [-0.3, -0.25) is 4.90 Å². The highest BCUT2D eigenvalue weighted by Gasteiger charge is 2.28. The van der Waals surface area contributed by atoms with E-state index < -0.39 is 10.0 Å². The maximum atomic E-state index is 12.4. The van der Waals surface area contributed by atoms with E-state index in [0.717, 1.165) is 45.7 Å². The number of hydrogen-bond donors (Lipinski definition) is 2. The zero-order chi connectivity index (χ0) is 19.2. The fourth-order valence-corrected chi connectivity index (χ4v) is 4.32. The van der Waals surface area contributed by atoms with E-state index in [1.807, 2.05) is 13.8 Å². The van der Waals surface area contributed by atoms with Gasteiger partial charge >= 0.3 is 0 Å². The smallest absolute Gasteiger partial charge is 0.242 e. The molecule has 0 saturated carbocycles. The highest BCUT2D eigenvalue weighted by Crippen LogP contribution is 2.18. The van der Waals surface area contributed by atoms with Gasteiger partial charge in [0.1, 0.15) is 10.7 Å². The summed E-state index contributed by atoms with van der Waals surface area (Å²) in [5.41, 5.74) is -0.0345. The average molecular weight is 385 g/mol. The first kappa shape index (κ1) is 21.1. The average Bonchev–Trinajstić information content (AvgIpc) is 2.65. The molecule has 2 heterocycles. The molecule has 0 amide bonds. The Hall–Kier alpha value is -1.22. The first-order valence-corrected chi connectivity index (χ1v) is 10.8. The van der Waals surface area contributed by atoms with Gasteiger partial charge in [-0.25, -0.2) is 18.1 Å². The zero-order valence-corrected chi connectivity index (χ0v) is 17.1. The van der Waals surface area contributed by atoms with E-state index in [2.05, 4.69) is 33.8 Å². The molecule has 0 aromatic carbocycles. The van der Waals surface area contributed by atoms with Gasteiger partial charge < -0.3 is 10.1 Å². The molecule has 0 radical (unpaired) electrons. The van der Waals surface area contributed by atoms with E-state index in [9.17, 15) is 8.42 Å². The first-order valence-electron chi connectivity index (χ1n) is 9.33. The number of nitrogens with one attached hydrogen (secondary N) is 2. The topological polar surface area (TPSA) is 83.6 Å². The number of hydrogen-bond acceptors (Lipinski definition) is 6. The number of morpholine rings is 1. The molecule has 1 aromatic heterocycles. The molecule has 1 fully saturated rings. The highest BCUT2D eigenvalue weighted by molar-refractivity contribution is 7.89. The standard InChI is InChI=1S/C18H32N4O3S/c1-5-15(6-2)21-26(23,24)16-7-8-17(19-13-16)20-14-18(3,4)22-9-11-25-12-10-22/h7-8,13,15,21H,5-6,9-12,14H2,1-4H3,(H,19,20). The Morgan fingerprint density at radius 2 is 1.88 bits per heavy atom. The molecule has 0 atom stereocenters. The van der Waals surface area contributed by atoms with E-state index in [-0.39, 0.29) is 16.5 Å². The normalized spacial score (nSPS) is 16.8. The Bertz CT molecular complexity index is 652. The molecular weight excluding hydrogens is 352 g/mol. The Morgan fingerprint density at radius 3 is 2.42 bits per heavy atom. The largest absolute Gasteiger partial charge is 0.379 e. The summed E-state index contributed by atoms with van der Waals surface area (Å²) in [6.07, 6.45) is 2.94. The summed E-state index contributed by atoms with van der Waals surface area (Å²) in [5, 5.41) is 3.32. The minimum absolute atomic E-state index is 0.0345. The van der Waals surface area contributed by atoms with Crippen molar-refractivity contribution in [3.63, 3.8) is 0 Å². The Labute approximate surface area is 157 Å². The van der Waals surface area contributed by atoms with Crippen LogP contribution < -0.4 is 10.0 Å². The number of rotatable bonds is 9. The van der Waals surface area contributed by atoms with Crippen LogP contribution in [0.4, 0.5) is 5.82 Å². The number of aromatic nitrogens is 1. The number of ether oxygens (including phenoxy) is 1. The molecule has 2 N–H and O–H groups in total. The summed E-state index contributed by atoms with van der Waals surface area (Å²) in [5.74, 6) is 0.674. The number of anilines is 1. The second-order valence-electron chi connectivity index (χ2n) is 7.28. The molecule has 26 heavy (non-hydrogen) atoms. The van der Waals surface area contributed by atoms with Crippen LogP contribution in [0.5, 0.6) is 0 Å². The third-order valence-electron chi connectivity index (χ3n) is 4.92. The molecule has 2 rings (SSSR count).